The molecule has 0 heterocycles. The fraction of sp³-hybridized carbons (Fsp3) is 0.385. The molecule has 1 amide bonds. The summed E-state index contributed by atoms with van der Waals surface area (Å²) in [7, 11) is 0. The number of thiocarbonyl (C=S) groups is 1. The van der Waals surface area contributed by atoms with E-state index in [0.717, 1.165) is 6.92 Å². The number of benzene rings is 1. The molecule has 2 N–H and O–H groups in total. The van der Waals surface area contributed by atoms with Crippen LogP contribution in [-0.2, 0) is 11.2 Å². The highest BCUT2D eigenvalue weighted by Gasteiger charge is 2.55. The molecular formula is C13H11Cl2F3N2OS. The Labute approximate surface area is 140 Å². The number of carbonyl (C=O) groups excluding carboxylic acids is 1. The molecule has 0 aliphatic rings. The summed E-state index contributed by atoms with van der Waals surface area (Å²) in [6.45, 7) is 0.759. The standard InChI is InChI=1S/C13H11Cl2F3N2OS/c1-12(11(19)21,13(16,17)18)5-4-7-2-3-8(14)10(9(7)15)20-6-22/h2-3H,4-5H2,1H3,(H2,19,21). The number of primary amides is 1. The predicted octanol–water partition coefficient (Wildman–Crippen LogP) is 4.71. The number of nitrogens with zero attached hydrogens (tertiary/aromatic N) is 1. The van der Waals surface area contributed by atoms with Gasteiger partial charge in [0.15, 0.2) is 0 Å². The molecule has 1 aromatic rings. The molecule has 0 spiro atoms. The Hall–Kier alpha value is -1.14. The second-order valence-corrected chi connectivity index (χ2v) is 5.73. The first-order valence-corrected chi connectivity index (χ1v) is 7.12. The quantitative estimate of drug-likeness (QED) is 0.602. The van der Waals surface area contributed by atoms with E-state index in [1.165, 1.54) is 12.1 Å². The van der Waals surface area contributed by atoms with Crippen molar-refractivity contribution in [2.24, 2.45) is 16.1 Å². The van der Waals surface area contributed by atoms with Gasteiger partial charge in [-0.2, -0.15) is 18.2 Å². The average Bonchev–Trinajstić information content (AvgIpc) is 2.40. The largest absolute Gasteiger partial charge is 0.402 e. The van der Waals surface area contributed by atoms with Gasteiger partial charge >= 0.3 is 6.18 Å². The summed E-state index contributed by atoms with van der Waals surface area (Å²) < 4.78 is 39.1. The highest BCUT2D eigenvalue weighted by atomic mass is 35.5. The number of alkyl halides is 3. The van der Waals surface area contributed by atoms with Gasteiger partial charge in [0.05, 0.1) is 15.2 Å². The van der Waals surface area contributed by atoms with Gasteiger partial charge in [0.25, 0.3) is 0 Å². The lowest BCUT2D eigenvalue weighted by atomic mass is 9.82. The van der Waals surface area contributed by atoms with E-state index in [1.54, 1.807) is 0 Å². The Kier molecular flexibility index (Phi) is 5.98. The van der Waals surface area contributed by atoms with Crippen LogP contribution in [0.3, 0.4) is 0 Å². The van der Waals surface area contributed by atoms with E-state index in [-0.39, 0.29) is 22.2 Å². The molecule has 1 atom stereocenters. The minimum absolute atomic E-state index is 0.0684. The van der Waals surface area contributed by atoms with E-state index in [0.29, 0.717) is 5.56 Å². The molecule has 0 aliphatic heterocycles. The first-order chi connectivity index (χ1) is 10.0. The van der Waals surface area contributed by atoms with Crippen LogP contribution in [0.5, 0.6) is 0 Å². The molecular weight excluding hydrogens is 360 g/mol. The number of carbonyl (C=O) groups is 1. The van der Waals surface area contributed by atoms with Gasteiger partial charge in [0.2, 0.25) is 5.91 Å². The second-order valence-electron chi connectivity index (χ2n) is 4.77. The molecule has 0 aliphatic carbocycles. The van der Waals surface area contributed by atoms with E-state index in [9.17, 15) is 18.0 Å². The summed E-state index contributed by atoms with van der Waals surface area (Å²) >= 11 is 16.4. The minimum Gasteiger partial charge on any atom is -0.369 e. The van der Waals surface area contributed by atoms with Crippen molar-refractivity contribution in [1.82, 2.24) is 0 Å². The normalized spacial score (nSPS) is 14.1. The van der Waals surface area contributed by atoms with Crippen molar-refractivity contribution >= 4 is 52.2 Å². The summed E-state index contributed by atoms with van der Waals surface area (Å²) in [6.07, 6.45) is -5.43. The molecule has 3 nitrogen and oxygen atoms in total. The van der Waals surface area contributed by atoms with Crippen LogP contribution in [0, 0.1) is 5.41 Å². The molecule has 0 aromatic heterocycles. The fourth-order valence-corrected chi connectivity index (χ4v) is 2.35. The molecule has 1 aromatic carbocycles. The van der Waals surface area contributed by atoms with Crippen molar-refractivity contribution in [3.8, 4) is 0 Å². The summed E-state index contributed by atoms with van der Waals surface area (Å²) in [5.41, 5.74) is 2.74. The molecule has 9 heteroatoms. The van der Waals surface area contributed by atoms with Crippen molar-refractivity contribution in [3.05, 3.63) is 27.7 Å². The number of amides is 1. The first kappa shape index (κ1) is 18.9. The predicted molar refractivity (Wildman–Crippen MR) is 82.8 cm³/mol. The van der Waals surface area contributed by atoms with Crippen LogP contribution in [0.1, 0.15) is 18.9 Å². The topological polar surface area (TPSA) is 55.4 Å². The maximum atomic E-state index is 13.0. The molecule has 0 saturated heterocycles. The number of hydrogen-bond donors (Lipinski definition) is 1. The van der Waals surface area contributed by atoms with Gasteiger partial charge in [-0.05, 0) is 43.6 Å². The van der Waals surface area contributed by atoms with E-state index >= 15 is 0 Å². The van der Waals surface area contributed by atoms with Crippen LogP contribution >= 0.6 is 35.4 Å². The molecule has 1 unspecified atom stereocenters. The SMILES string of the molecule is CC(CCc1ccc(Cl)c(N=C=S)c1Cl)(C(N)=O)C(F)(F)F. The van der Waals surface area contributed by atoms with Crippen LogP contribution in [0.25, 0.3) is 0 Å². The van der Waals surface area contributed by atoms with Crippen molar-refractivity contribution in [1.29, 1.82) is 0 Å². The van der Waals surface area contributed by atoms with Crippen molar-refractivity contribution in [3.63, 3.8) is 0 Å². The molecule has 22 heavy (non-hydrogen) atoms. The number of hydrogen-bond acceptors (Lipinski definition) is 3. The van der Waals surface area contributed by atoms with Crippen molar-refractivity contribution < 1.29 is 18.0 Å². The van der Waals surface area contributed by atoms with Gasteiger partial charge in [-0.1, -0.05) is 29.3 Å². The molecule has 0 bridgehead atoms. The first-order valence-electron chi connectivity index (χ1n) is 5.96. The lowest BCUT2D eigenvalue weighted by Gasteiger charge is -2.28. The lowest BCUT2D eigenvalue weighted by molar-refractivity contribution is -0.216. The summed E-state index contributed by atoms with van der Waals surface area (Å²) in [4.78, 5) is 14.9. The van der Waals surface area contributed by atoms with Crippen LogP contribution < -0.4 is 5.73 Å². The molecule has 1 rings (SSSR count). The zero-order valence-electron chi connectivity index (χ0n) is 11.3. The molecule has 0 radical (unpaired) electrons. The molecule has 120 valence electrons. The zero-order chi connectivity index (χ0) is 17.1. The summed E-state index contributed by atoms with van der Waals surface area (Å²) in [5.74, 6) is -1.44. The van der Waals surface area contributed by atoms with Gasteiger partial charge in [0.1, 0.15) is 11.1 Å². The van der Waals surface area contributed by atoms with Crippen LogP contribution in [0.4, 0.5) is 18.9 Å². The second kappa shape index (κ2) is 6.96. The third-order valence-electron chi connectivity index (χ3n) is 3.37. The highest BCUT2D eigenvalue weighted by Crippen LogP contribution is 2.43. The maximum absolute atomic E-state index is 13.0. The number of aliphatic imine (C=N–C) groups is 1. The van der Waals surface area contributed by atoms with Gasteiger partial charge in [-0.15, -0.1) is 0 Å². The maximum Gasteiger partial charge on any atom is 0.402 e. The van der Waals surface area contributed by atoms with Crippen LogP contribution in [-0.4, -0.2) is 17.2 Å². The van der Waals surface area contributed by atoms with Gasteiger partial charge in [0, 0.05) is 0 Å². The Balaban J connectivity index is 3.14. The third-order valence-corrected chi connectivity index (χ3v) is 4.19. The Morgan fingerprint density at radius 2 is 2.00 bits per heavy atom. The molecule has 0 fully saturated rings. The highest BCUT2D eigenvalue weighted by molar-refractivity contribution is 7.78. The zero-order valence-corrected chi connectivity index (χ0v) is 13.6. The smallest absolute Gasteiger partial charge is 0.369 e. The molecule has 0 saturated carbocycles. The average molecular weight is 371 g/mol. The van der Waals surface area contributed by atoms with E-state index in [4.69, 9.17) is 28.9 Å². The van der Waals surface area contributed by atoms with Gasteiger partial charge in [-0.3, -0.25) is 4.79 Å². The van der Waals surface area contributed by atoms with Crippen molar-refractivity contribution in [2.45, 2.75) is 25.9 Å². The van der Waals surface area contributed by atoms with Crippen molar-refractivity contribution in [2.75, 3.05) is 0 Å². The van der Waals surface area contributed by atoms with Gasteiger partial charge < -0.3 is 5.73 Å². The van der Waals surface area contributed by atoms with Crippen LogP contribution in [0.15, 0.2) is 17.1 Å². The number of halogens is 5. The Morgan fingerprint density at radius 3 is 2.45 bits per heavy atom. The lowest BCUT2D eigenvalue weighted by Crippen LogP contribution is -2.46. The Morgan fingerprint density at radius 1 is 1.41 bits per heavy atom. The summed E-state index contributed by atoms with van der Waals surface area (Å²) in [6, 6.07) is 2.90. The van der Waals surface area contributed by atoms with E-state index in [2.05, 4.69) is 22.4 Å². The van der Waals surface area contributed by atoms with E-state index in [1.807, 2.05) is 0 Å². The number of aryl methyl sites for hydroxylation is 1. The number of rotatable bonds is 5. The summed E-state index contributed by atoms with van der Waals surface area (Å²) in [5, 5.41) is 2.36. The third kappa shape index (κ3) is 3.79. The Bertz CT molecular complexity index is 645. The van der Waals surface area contributed by atoms with Gasteiger partial charge in [-0.25, -0.2) is 0 Å². The monoisotopic (exact) mass is 370 g/mol. The van der Waals surface area contributed by atoms with E-state index < -0.39 is 23.9 Å². The number of nitrogens with two attached hydrogens (primary N) is 1. The minimum atomic E-state index is -4.76. The number of isothiocyanates is 1. The fourth-order valence-electron chi connectivity index (χ4n) is 1.71. The van der Waals surface area contributed by atoms with Crippen LogP contribution in [0.2, 0.25) is 10.0 Å².